The van der Waals surface area contributed by atoms with Crippen molar-refractivity contribution in [3.8, 4) is 0 Å². The van der Waals surface area contributed by atoms with Crippen molar-refractivity contribution >= 4 is 15.7 Å². The van der Waals surface area contributed by atoms with E-state index in [1.165, 1.54) is 30.5 Å². The second kappa shape index (κ2) is 5.54. The molecule has 116 valence electrons. The monoisotopic (exact) mass is 322 g/mol. The van der Waals surface area contributed by atoms with Crippen LogP contribution in [-0.2, 0) is 16.4 Å². The minimum absolute atomic E-state index is 0.324. The highest BCUT2D eigenvalue weighted by atomic mass is 32.2. The number of fused-ring (bicyclic) bond motifs is 1. The van der Waals surface area contributed by atoms with Gasteiger partial charge in [0.1, 0.15) is 5.76 Å². The predicted octanol–water partition coefficient (Wildman–Crippen LogP) is 2.54. The lowest BCUT2D eigenvalue weighted by atomic mass is 9.94. The molecule has 1 aromatic carbocycles. The van der Waals surface area contributed by atoms with Gasteiger partial charge in [0.15, 0.2) is 4.90 Å². The molecule has 0 radical (unpaired) electrons. The Kier molecular flexibility index (Phi) is 3.71. The van der Waals surface area contributed by atoms with E-state index in [0.717, 1.165) is 24.2 Å². The van der Waals surface area contributed by atoms with Crippen LogP contribution in [-0.4, -0.2) is 13.3 Å². The third kappa shape index (κ3) is 2.62. The number of nitro groups is 1. The second-order valence-corrected chi connectivity index (χ2v) is 6.77. The molecule has 0 fully saturated rings. The van der Waals surface area contributed by atoms with Gasteiger partial charge in [-0.2, -0.15) is 0 Å². The van der Waals surface area contributed by atoms with Crippen molar-refractivity contribution in [2.75, 3.05) is 0 Å². The summed E-state index contributed by atoms with van der Waals surface area (Å²) in [5.41, 5.74) is 0.367. The molecule has 7 nitrogen and oxygen atoms in total. The number of benzene rings is 1. The zero-order chi connectivity index (χ0) is 15.7. The van der Waals surface area contributed by atoms with E-state index in [1.54, 1.807) is 6.07 Å². The smallest absolute Gasteiger partial charge is 0.289 e. The maximum Gasteiger partial charge on any atom is 0.289 e. The van der Waals surface area contributed by atoms with E-state index in [0.29, 0.717) is 6.42 Å². The van der Waals surface area contributed by atoms with Gasteiger partial charge >= 0.3 is 0 Å². The standard InChI is InChI=1S/C14H14N2O5S/c17-16(18)12-5-1-2-7-14(12)22(19,20)15-11-4-3-6-13-10(11)8-9-21-13/h1-2,5,7-9,11,15H,3-4,6H2/t11-/m0/s1. The van der Waals surface area contributed by atoms with Crippen LogP contribution in [0.1, 0.15) is 30.2 Å². The van der Waals surface area contributed by atoms with Crippen molar-refractivity contribution in [3.63, 3.8) is 0 Å². The molecule has 2 aromatic rings. The van der Waals surface area contributed by atoms with Gasteiger partial charge in [-0.25, -0.2) is 13.1 Å². The first-order valence-corrected chi connectivity index (χ1v) is 8.29. The number of para-hydroxylation sites is 1. The third-order valence-corrected chi connectivity index (χ3v) is 5.22. The molecule has 22 heavy (non-hydrogen) atoms. The molecule has 0 amide bonds. The molecule has 0 saturated carbocycles. The number of nitrogens with zero attached hydrogens (tertiary/aromatic N) is 1. The molecule has 3 rings (SSSR count). The van der Waals surface area contributed by atoms with Crippen LogP contribution in [0.25, 0.3) is 0 Å². The fourth-order valence-corrected chi connectivity index (χ4v) is 4.12. The summed E-state index contributed by atoms with van der Waals surface area (Å²) in [7, 11) is -3.99. The number of rotatable bonds is 4. The van der Waals surface area contributed by atoms with Gasteiger partial charge in [-0.15, -0.1) is 0 Å². The van der Waals surface area contributed by atoms with E-state index in [-0.39, 0.29) is 4.90 Å². The van der Waals surface area contributed by atoms with E-state index in [4.69, 9.17) is 4.42 Å². The molecule has 0 unspecified atom stereocenters. The Labute approximate surface area is 127 Å². The number of hydrogen-bond donors (Lipinski definition) is 1. The molecule has 1 atom stereocenters. The van der Waals surface area contributed by atoms with Crippen LogP contribution in [0.3, 0.4) is 0 Å². The lowest BCUT2D eigenvalue weighted by Gasteiger charge is -2.22. The maximum absolute atomic E-state index is 12.5. The lowest BCUT2D eigenvalue weighted by molar-refractivity contribution is -0.387. The topological polar surface area (TPSA) is 102 Å². The number of nitro benzene ring substituents is 1. The average Bonchev–Trinajstić information content (AvgIpc) is 2.96. The van der Waals surface area contributed by atoms with Gasteiger partial charge < -0.3 is 4.42 Å². The molecule has 0 saturated heterocycles. The van der Waals surface area contributed by atoms with Crippen LogP contribution >= 0.6 is 0 Å². The van der Waals surface area contributed by atoms with Gasteiger partial charge in [-0.1, -0.05) is 12.1 Å². The highest BCUT2D eigenvalue weighted by molar-refractivity contribution is 7.89. The van der Waals surface area contributed by atoms with Crippen LogP contribution in [0.15, 0.2) is 45.9 Å². The van der Waals surface area contributed by atoms with Crippen molar-refractivity contribution in [1.82, 2.24) is 4.72 Å². The molecule has 1 N–H and O–H groups in total. The molecule has 1 aliphatic carbocycles. The summed E-state index contributed by atoms with van der Waals surface area (Å²) < 4.78 is 32.9. The number of aryl methyl sites for hydroxylation is 1. The van der Waals surface area contributed by atoms with Gasteiger partial charge in [-0.05, 0) is 25.0 Å². The lowest BCUT2D eigenvalue weighted by Crippen LogP contribution is -2.31. The fourth-order valence-electron chi connectivity index (χ4n) is 2.69. The third-order valence-electron chi connectivity index (χ3n) is 3.70. The van der Waals surface area contributed by atoms with E-state index in [1.807, 2.05) is 0 Å². The van der Waals surface area contributed by atoms with Crippen molar-refractivity contribution < 1.29 is 17.8 Å². The van der Waals surface area contributed by atoms with Crippen LogP contribution in [0.2, 0.25) is 0 Å². The first-order chi connectivity index (χ1) is 10.5. The Balaban J connectivity index is 1.95. The first-order valence-electron chi connectivity index (χ1n) is 6.81. The quantitative estimate of drug-likeness (QED) is 0.688. The van der Waals surface area contributed by atoms with Crippen LogP contribution in [0.5, 0.6) is 0 Å². The van der Waals surface area contributed by atoms with E-state index >= 15 is 0 Å². The van der Waals surface area contributed by atoms with Crippen LogP contribution in [0.4, 0.5) is 5.69 Å². The molecule has 0 spiro atoms. The van der Waals surface area contributed by atoms with Crippen molar-refractivity contribution in [3.05, 3.63) is 58.0 Å². The van der Waals surface area contributed by atoms with Crippen molar-refractivity contribution in [1.29, 1.82) is 0 Å². The Morgan fingerprint density at radius 2 is 2.05 bits per heavy atom. The summed E-state index contributed by atoms with van der Waals surface area (Å²) in [5, 5.41) is 11.0. The Morgan fingerprint density at radius 3 is 2.82 bits per heavy atom. The molecular formula is C14H14N2O5S. The van der Waals surface area contributed by atoms with Gasteiger partial charge in [0.05, 0.1) is 17.2 Å². The Morgan fingerprint density at radius 1 is 1.27 bits per heavy atom. The van der Waals surface area contributed by atoms with Gasteiger partial charge in [0.2, 0.25) is 10.0 Å². The van der Waals surface area contributed by atoms with Crippen molar-refractivity contribution in [2.24, 2.45) is 0 Å². The molecule has 1 aromatic heterocycles. The summed E-state index contributed by atoms with van der Waals surface area (Å²) in [6.45, 7) is 0. The minimum atomic E-state index is -3.99. The zero-order valence-electron chi connectivity index (χ0n) is 11.6. The molecule has 0 bridgehead atoms. The average molecular weight is 322 g/mol. The normalized spacial score (nSPS) is 17.9. The zero-order valence-corrected chi connectivity index (χ0v) is 12.4. The van der Waals surface area contributed by atoms with Crippen LogP contribution in [0, 0.1) is 10.1 Å². The summed E-state index contributed by atoms with van der Waals surface area (Å²) in [6, 6.07) is 6.63. The number of furan rings is 1. The summed E-state index contributed by atoms with van der Waals surface area (Å²) >= 11 is 0. The molecule has 8 heteroatoms. The molecule has 1 aliphatic rings. The Hall–Kier alpha value is -2.19. The summed E-state index contributed by atoms with van der Waals surface area (Å²) in [6.07, 6.45) is 3.73. The molecule has 0 aliphatic heterocycles. The van der Waals surface area contributed by atoms with Crippen LogP contribution < -0.4 is 4.72 Å². The second-order valence-electron chi connectivity index (χ2n) is 5.09. The number of sulfonamides is 1. The highest BCUT2D eigenvalue weighted by Crippen LogP contribution is 2.32. The van der Waals surface area contributed by atoms with Gasteiger partial charge in [0.25, 0.3) is 5.69 Å². The SMILES string of the molecule is O=[N+]([O-])c1ccccc1S(=O)(=O)N[C@H]1CCCc2occc21. The van der Waals surface area contributed by atoms with E-state index < -0.39 is 26.7 Å². The van der Waals surface area contributed by atoms with E-state index in [2.05, 4.69) is 4.72 Å². The largest absolute Gasteiger partial charge is 0.469 e. The summed E-state index contributed by atoms with van der Waals surface area (Å²) in [5.74, 6) is 0.765. The van der Waals surface area contributed by atoms with Gasteiger partial charge in [-0.3, -0.25) is 10.1 Å². The number of nitrogens with one attached hydrogen (secondary N) is 1. The van der Waals surface area contributed by atoms with E-state index in [9.17, 15) is 18.5 Å². The molecule has 1 heterocycles. The predicted molar refractivity (Wildman–Crippen MR) is 77.8 cm³/mol. The fraction of sp³-hybridized carbons (Fsp3) is 0.286. The Bertz CT molecular complexity index is 812. The minimum Gasteiger partial charge on any atom is -0.469 e. The first kappa shape index (κ1) is 14.7. The van der Waals surface area contributed by atoms with Gasteiger partial charge in [0, 0.05) is 18.1 Å². The summed E-state index contributed by atoms with van der Waals surface area (Å²) in [4.78, 5) is 10.00. The number of hydrogen-bond acceptors (Lipinski definition) is 5. The van der Waals surface area contributed by atoms with Crippen molar-refractivity contribution in [2.45, 2.75) is 30.2 Å². The maximum atomic E-state index is 12.5. The molecular weight excluding hydrogens is 308 g/mol. The highest BCUT2D eigenvalue weighted by Gasteiger charge is 2.31.